The summed E-state index contributed by atoms with van der Waals surface area (Å²) < 4.78 is 24.5. The zero-order chi connectivity index (χ0) is 21.6. The zero-order valence-corrected chi connectivity index (χ0v) is 17.7. The molecule has 9 heteroatoms. The predicted molar refractivity (Wildman–Crippen MR) is 119 cm³/mol. The van der Waals surface area contributed by atoms with E-state index >= 15 is 0 Å². The Morgan fingerprint density at radius 3 is 2.87 bits per heavy atom. The molecule has 0 aliphatic heterocycles. The summed E-state index contributed by atoms with van der Waals surface area (Å²) in [5.41, 5.74) is 3.50. The number of nitrogens with zero attached hydrogens (tertiary/aromatic N) is 3. The third kappa shape index (κ3) is 3.96. The molecule has 2 aliphatic rings. The SMILES string of the molecule is NS(=O)(=O)C=CC1C[C@@H](n2ccc3c(N[C@H]4CCc5ccccc54)ncnc32)C[C@@H]1O. The second kappa shape index (κ2) is 7.74. The van der Waals surface area contributed by atoms with E-state index in [1.807, 2.05) is 12.3 Å². The Bertz CT molecular complexity index is 1250. The zero-order valence-electron chi connectivity index (χ0n) is 16.9. The number of primary sulfonamides is 1. The van der Waals surface area contributed by atoms with Crippen molar-refractivity contribution in [3.8, 4) is 0 Å². The van der Waals surface area contributed by atoms with Crippen molar-refractivity contribution in [1.82, 2.24) is 14.5 Å². The molecule has 1 fully saturated rings. The number of aromatic nitrogens is 3. The van der Waals surface area contributed by atoms with Gasteiger partial charge in [0.05, 0.1) is 17.5 Å². The Morgan fingerprint density at radius 2 is 2.03 bits per heavy atom. The van der Waals surface area contributed by atoms with Crippen LogP contribution >= 0.6 is 0 Å². The molecule has 0 spiro atoms. The number of hydrogen-bond donors (Lipinski definition) is 3. The third-order valence-corrected chi connectivity index (χ3v) is 6.95. The Balaban J connectivity index is 1.40. The van der Waals surface area contributed by atoms with Crippen LogP contribution in [0.2, 0.25) is 0 Å². The molecular weight excluding hydrogens is 414 g/mol. The largest absolute Gasteiger partial charge is 0.392 e. The van der Waals surface area contributed by atoms with Gasteiger partial charge in [-0.2, -0.15) is 0 Å². The van der Waals surface area contributed by atoms with Gasteiger partial charge in [0.15, 0.2) is 0 Å². The smallest absolute Gasteiger partial charge is 0.230 e. The Hall–Kier alpha value is -2.75. The Morgan fingerprint density at radius 1 is 1.19 bits per heavy atom. The molecule has 1 saturated carbocycles. The summed E-state index contributed by atoms with van der Waals surface area (Å²) in [7, 11) is -3.71. The van der Waals surface area contributed by atoms with Gasteiger partial charge in [0.1, 0.15) is 17.8 Å². The number of aryl methyl sites for hydroxylation is 1. The van der Waals surface area contributed by atoms with E-state index in [1.165, 1.54) is 17.2 Å². The highest BCUT2D eigenvalue weighted by Gasteiger charge is 2.33. The number of anilines is 1. The molecule has 3 aromatic rings. The van der Waals surface area contributed by atoms with E-state index in [1.54, 1.807) is 6.33 Å². The van der Waals surface area contributed by atoms with Crippen LogP contribution in [0.4, 0.5) is 5.82 Å². The van der Waals surface area contributed by atoms with E-state index in [-0.39, 0.29) is 18.0 Å². The fourth-order valence-corrected chi connectivity index (χ4v) is 5.34. The van der Waals surface area contributed by atoms with Crippen LogP contribution in [0.25, 0.3) is 11.0 Å². The van der Waals surface area contributed by atoms with Crippen LogP contribution < -0.4 is 10.5 Å². The number of sulfonamides is 1. The lowest BCUT2D eigenvalue weighted by molar-refractivity contribution is 0.151. The Kier molecular flexibility index (Phi) is 5.04. The number of rotatable bonds is 5. The van der Waals surface area contributed by atoms with E-state index in [4.69, 9.17) is 5.14 Å². The fourth-order valence-electron chi connectivity index (χ4n) is 4.92. The summed E-state index contributed by atoms with van der Waals surface area (Å²) >= 11 is 0. The molecule has 0 saturated heterocycles. The van der Waals surface area contributed by atoms with Crippen LogP contribution in [0.15, 0.2) is 54.3 Å². The van der Waals surface area contributed by atoms with Gasteiger partial charge in [-0.25, -0.2) is 23.5 Å². The first-order valence-corrected chi connectivity index (χ1v) is 12.0. The van der Waals surface area contributed by atoms with Gasteiger partial charge in [-0.1, -0.05) is 30.3 Å². The van der Waals surface area contributed by atoms with Gasteiger partial charge < -0.3 is 15.0 Å². The second-order valence-electron chi connectivity index (χ2n) is 8.39. The van der Waals surface area contributed by atoms with Crippen molar-refractivity contribution < 1.29 is 13.5 Å². The summed E-state index contributed by atoms with van der Waals surface area (Å²) in [6.45, 7) is 0. The lowest BCUT2D eigenvalue weighted by atomic mass is 10.1. The third-order valence-electron chi connectivity index (χ3n) is 6.41. The van der Waals surface area contributed by atoms with Crippen molar-refractivity contribution in [2.24, 2.45) is 11.1 Å². The molecule has 2 aromatic heterocycles. The molecule has 31 heavy (non-hydrogen) atoms. The van der Waals surface area contributed by atoms with Gasteiger partial charge in [-0.05, 0) is 42.9 Å². The number of nitrogens with two attached hydrogens (primary N) is 1. The van der Waals surface area contributed by atoms with Crippen LogP contribution in [0.1, 0.15) is 42.5 Å². The summed E-state index contributed by atoms with van der Waals surface area (Å²) in [6.07, 6.45) is 7.60. The lowest BCUT2D eigenvalue weighted by Crippen LogP contribution is -2.12. The lowest BCUT2D eigenvalue weighted by Gasteiger charge is -2.16. The maximum atomic E-state index is 11.2. The summed E-state index contributed by atoms with van der Waals surface area (Å²) in [5, 5.41) is 21.0. The molecule has 0 radical (unpaired) electrons. The standard InChI is InChI=1S/C22H25N5O3S/c23-31(29,30)10-8-15-11-16(12-20(15)28)27-9-7-18-21(24-13-25-22(18)27)26-19-6-5-14-3-1-2-4-17(14)19/h1-4,7-10,13,15-16,19-20,28H,5-6,11-12H2,(H2,23,29,30)(H,24,25,26)/t15?,16-,19+,20+/m1/s1. The molecule has 2 heterocycles. The van der Waals surface area contributed by atoms with E-state index < -0.39 is 16.1 Å². The van der Waals surface area contributed by atoms with Crippen molar-refractivity contribution in [2.75, 3.05) is 5.32 Å². The minimum atomic E-state index is -3.71. The van der Waals surface area contributed by atoms with Crippen LogP contribution in [-0.4, -0.2) is 34.2 Å². The number of hydrogen-bond acceptors (Lipinski definition) is 6. The first-order chi connectivity index (χ1) is 14.9. The van der Waals surface area contributed by atoms with Crippen molar-refractivity contribution >= 4 is 26.9 Å². The van der Waals surface area contributed by atoms with Gasteiger partial charge in [0.25, 0.3) is 0 Å². The quantitative estimate of drug-likeness (QED) is 0.562. The molecule has 0 bridgehead atoms. The fraction of sp³-hybridized carbons (Fsp3) is 0.364. The van der Waals surface area contributed by atoms with Crippen molar-refractivity contribution in [3.63, 3.8) is 0 Å². The average molecular weight is 440 g/mol. The molecule has 0 amide bonds. The highest BCUT2D eigenvalue weighted by atomic mass is 32.2. The highest BCUT2D eigenvalue weighted by molar-refractivity contribution is 7.92. The summed E-state index contributed by atoms with van der Waals surface area (Å²) in [5.74, 6) is 0.532. The number of aliphatic hydroxyl groups excluding tert-OH is 1. The van der Waals surface area contributed by atoms with E-state index in [9.17, 15) is 13.5 Å². The van der Waals surface area contributed by atoms with Gasteiger partial charge in [-0.15, -0.1) is 0 Å². The van der Waals surface area contributed by atoms with E-state index in [0.717, 1.165) is 35.1 Å². The maximum Gasteiger partial charge on any atom is 0.230 e. The summed E-state index contributed by atoms with van der Waals surface area (Å²) in [6, 6.07) is 10.7. The minimum Gasteiger partial charge on any atom is -0.392 e. The molecule has 1 unspecified atom stereocenters. The first kappa shape index (κ1) is 20.2. The number of fused-ring (bicyclic) bond motifs is 2. The van der Waals surface area contributed by atoms with Gasteiger partial charge in [0.2, 0.25) is 10.0 Å². The average Bonchev–Trinajstić information content (AvgIpc) is 3.43. The van der Waals surface area contributed by atoms with Crippen molar-refractivity contribution in [3.05, 3.63) is 65.5 Å². The molecule has 5 rings (SSSR count). The van der Waals surface area contributed by atoms with Crippen LogP contribution in [0.5, 0.6) is 0 Å². The topological polar surface area (TPSA) is 123 Å². The van der Waals surface area contributed by atoms with Crippen molar-refractivity contribution in [2.45, 2.75) is 43.9 Å². The van der Waals surface area contributed by atoms with Crippen LogP contribution in [0, 0.1) is 5.92 Å². The van der Waals surface area contributed by atoms with Gasteiger partial charge in [-0.3, -0.25) is 0 Å². The van der Waals surface area contributed by atoms with Crippen molar-refractivity contribution in [1.29, 1.82) is 0 Å². The molecular formula is C22H25N5O3S. The molecule has 162 valence electrons. The first-order valence-electron chi connectivity index (χ1n) is 10.4. The number of nitrogens with one attached hydrogen (secondary N) is 1. The minimum absolute atomic E-state index is 0.0117. The monoisotopic (exact) mass is 439 g/mol. The second-order valence-corrected chi connectivity index (χ2v) is 9.84. The molecule has 2 aliphatic carbocycles. The number of aliphatic hydroxyl groups is 1. The number of benzene rings is 1. The van der Waals surface area contributed by atoms with E-state index in [0.29, 0.717) is 12.8 Å². The Labute approximate surface area is 180 Å². The maximum absolute atomic E-state index is 11.2. The van der Waals surface area contributed by atoms with Gasteiger partial charge in [0, 0.05) is 23.6 Å². The van der Waals surface area contributed by atoms with Crippen LogP contribution in [-0.2, 0) is 16.4 Å². The van der Waals surface area contributed by atoms with E-state index in [2.05, 4.69) is 44.1 Å². The predicted octanol–water partition coefficient (Wildman–Crippen LogP) is 2.64. The summed E-state index contributed by atoms with van der Waals surface area (Å²) in [4.78, 5) is 8.99. The molecule has 4 atom stereocenters. The molecule has 4 N–H and O–H groups in total. The molecule has 8 nitrogen and oxygen atoms in total. The van der Waals surface area contributed by atoms with Crippen LogP contribution in [0.3, 0.4) is 0 Å². The molecule has 1 aromatic carbocycles. The normalized spacial score (nSPS) is 26.0. The van der Waals surface area contributed by atoms with Gasteiger partial charge >= 0.3 is 0 Å². The highest BCUT2D eigenvalue weighted by Crippen LogP contribution is 2.39.